The van der Waals surface area contributed by atoms with Crippen molar-refractivity contribution >= 4 is 11.6 Å². The van der Waals surface area contributed by atoms with E-state index in [0.29, 0.717) is 5.22 Å². The van der Waals surface area contributed by atoms with Gasteiger partial charge in [-0.2, -0.15) is 5.10 Å². The number of hydrogen-bond acceptors (Lipinski definition) is 3. The number of aromatic nitrogens is 2. The number of halogens is 1. The lowest BCUT2D eigenvalue weighted by molar-refractivity contribution is 0.526. The van der Waals surface area contributed by atoms with Gasteiger partial charge in [-0.3, -0.25) is 4.68 Å². The highest BCUT2D eigenvalue weighted by Crippen LogP contribution is 2.26. The number of aryl methyl sites for hydroxylation is 1. The fourth-order valence-electron chi connectivity index (χ4n) is 1.91. The van der Waals surface area contributed by atoms with Gasteiger partial charge >= 0.3 is 0 Å². The Balaban J connectivity index is 2.15. The van der Waals surface area contributed by atoms with Crippen LogP contribution in [0.3, 0.4) is 0 Å². The molecule has 0 saturated heterocycles. The van der Waals surface area contributed by atoms with Crippen molar-refractivity contribution in [3.63, 3.8) is 0 Å². The number of rotatable bonds is 5. The van der Waals surface area contributed by atoms with Crippen LogP contribution in [0, 0.1) is 0 Å². The third kappa shape index (κ3) is 2.90. The smallest absolute Gasteiger partial charge is 0.197 e. The van der Waals surface area contributed by atoms with Gasteiger partial charge in [0.05, 0.1) is 12.5 Å². The minimum absolute atomic E-state index is 0.162. The van der Waals surface area contributed by atoms with Gasteiger partial charge in [-0.15, -0.1) is 0 Å². The Morgan fingerprint density at radius 2 is 2.41 bits per heavy atom. The molecule has 0 aliphatic heterocycles. The van der Waals surface area contributed by atoms with Crippen LogP contribution in [0.2, 0.25) is 5.22 Å². The summed E-state index contributed by atoms with van der Waals surface area (Å²) in [6, 6.07) is 2.07. The molecule has 1 atom stereocenters. The Kier molecular flexibility index (Phi) is 3.86. The molecule has 5 heteroatoms. The van der Waals surface area contributed by atoms with Crippen LogP contribution in [0.15, 0.2) is 29.1 Å². The summed E-state index contributed by atoms with van der Waals surface area (Å²) in [7, 11) is 1.91. The highest BCUT2D eigenvalue weighted by molar-refractivity contribution is 6.29. The van der Waals surface area contributed by atoms with Gasteiger partial charge in [-0.1, -0.05) is 6.92 Å². The summed E-state index contributed by atoms with van der Waals surface area (Å²) >= 11 is 6.01. The highest BCUT2D eigenvalue weighted by atomic mass is 35.5. The first kappa shape index (κ1) is 12.2. The molecular weight excluding hydrogens is 238 g/mol. The Hall–Kier alpha value is -1.26. The summed E-state index contributed by atoms with van der Waals surface area (Å²) in [6.07, 6.45) is 6.35. The first-order chi connectivity index (χ1) is 8.20. The quantitative estimate of drug-likeness (QED) is 0.891. The molecule has 0 amide bonds. The molecule has 1 unspecified atom stereocenters. The molecule has 0 radical (unpaired) electrons. The second kappa shape index (κ2) is 5.38. The molecule has 4 nitrogen and oxygen atoms in total. The van der Waals surface area contributed by atoms with E-state index < -0.39 is 0 Å². The molecule has 2 rings (SSSR count). The third-order valence-electron chi connectivity index (χ3n) is 2.67. The fourth-order valence-corrected chi connectivity index (χ4v) is 2.15. The summed E-state index contributed by atoms with van der Waals surface area (Å²) in [6.45, 7) is 2.96. The largest absolute Gasteiger partial charge is 0.453 e. The van der Waals surface area contributed by atoms with Crippen molar-refractivity contribution in [2.75, 3.05) is 6.54 Å². The van der Waals surface area contributed by atoms with Crippen molar-refractivity contribution in [3.05, 3.63) is 41.1 Å². The van der Waals surface area contributed by atoms with E-state index in [1.54, 1.807) is 10.9 Å². The van der Waals surface area contributed by atoms with Gasteiger partial charge in [0, 0.05) is 24.8 Å². The Bertz CT molecular complexity index is 478. The molecular formula is C12H16ClN3O. The first-order valence-electron chi connectivity index (χ1n) is 5.64. The molecule has 0 saturated carbocycles. The normalized spacial score (nSPS) is 12.9. The van der Waals surface area contributed by atoms with Crippen LogP contribution in [0.4, 0.5) is 0 Å². The van der Waals surface area contributed by atoms with Crippen molar-refractivity contribution in [2.24, 2.45) is 7.05 Å². The van der Waals surface area contributed by atoms with Crippen LogP contribution in [0.5, 0.6) is 0 Å². The molecule has 1 N–H and O–H groups in total. The summed E-state index contributed by atoms with van der Waals surface area (Å²) in [5.41, 5.74) is 2.17. The van der Waals surface area contributed by atoms with Crippen LogP contribution < -0.4 is 5.32 Å². The topological polar surface area (TPSA) is 43.0 Å². The van der Waals surface area contributed by atoms with Crippen LogP contribution >= 0.6 is 11.6 Å². The lowest BCUT2D eigenvalue weighted by Crippen LogP contribution is -2.22. The summed E-state index contributed by atoms with van der Waals surface area (Å²) in [5, 5.41) is 8.03. The maximum atomic E-state index is 6.01. The van der Waals surface area contributed by atoms with E-state index in [1.165, 1.54) is 5.56 Å². The van der Waals surface area contributed by atoms with Gasteiger partial charge in [0.25, 0.3) is 0 Å². The van der Waals surface area contributed by atoms with Gasteiger partial charge in [0.1, 0.15) is 0 Å². The minimum atomic E-state index is 0.162. The number of nitrogens with one attached hydrogen (secondary N) is 1. The lowest BCUT2D eigenvalue weighted by atomic mass is 10.0. The van der Waals surface area contributed by atoms with Gasteiger partial charge in [0.15, 0.2) is 5.22 Å². The van der Waals surface area contributed by atoms with Crippen molar-refractivity contribution in [1.82, 2.24) is 15.1 Å². The van der Waals surface area contributed by atoms with Crippen LogP contribution in [-0.4, -0.2) is 16.3 Å². The molecule has 2 heterocycles. The molecule has 0 bridgehead atoms. The van der Waals surface area contributed by atoms with E-state index in [2.05, 4.69) is 17.3 Å². The number of nitrogens with zero attached hydrogens (tertiary/aromatic N) is 2. The van der Waals surface area contributed by atoms with Crippen LogP contribution in [0.1, 0.15) is 24.1 Å². The Morgan fingerprint density at radius 3 is 2.94 bits per heavy atom. The predicted octanol–water partition coefficient (Wildman–Crippen LogP) is 2.56. The first-order valence-corrected chi connectivity index (χ1v) is 6.02. The molecule has 0 fully saturated rings. The van der Waals surface area contributed by atoms with Crippen LogP contribution in [-0.2, 0) is 13.5 Å². The molecule has 0 aliphatic rings. The molecule has 2 aromatic rings. The van der Waals surface area contributed by atoms with E-state index in [-0.39, 0.29) is 6.04 Å². The maximum Gasteiger partial charge on any atom is 0.197 e. The number of hydrogen-bond donors (Lipinski definition) is 1. The van der Waals surface area contributed by atoms with Gasteiger partial charge in [-0.25, -0.2) is 0 Å². The Labute approximate surface area is 106 Å². The Morgan fingerprint density at radius 1 is 1.59 bits per heavy atom. The van der Waals surface area contributed by atoms with E-state index in [4.69, 9.17) is 16.0 Å². The number of likely N-dealkylation sites (N-methyl/N-ethyl adjacent to an activating group) is 1. The third-order valence-corrected chi connectivity index (χ3v) is 2.98. The second-order valence-corrected chi connectivity index (χ2v) is 4.33. The minimum Gasteiger partial charge on any atom is -0.453 e. The van der Waals surface area contributed by atoms with Crippen molar-refractivity contribution in [2.45, 2.75) is 19.4 Å². The molecule has 0 aromatic carbocycles. The average Bonchev–Trinajstić information content (AvgIpc) is 2.87. The van der Waals surface area contributed by atoms with E-state index >= 15 is 0 Å². The number of furan rings is 1. The fraction of sp³-hybridized carbons (Fsp3) is 0.417. The van der Waals surface area contributed by atoms with Crippen molar-refractivity contribution < 1.29 is 4.42 Å². The van der Waals surface area contributed by atoms with Gasteiger partial charge in [-0.05, 0) is 36.2 Å². The monoisotopic (exact) mass is 253 g/mol. The van der Waals surface area contributed by atoms with Gasteiger partial charge in [0.2, 0.25) is 0 Å². The second-order valence-electron chi connectivity index (χ2n) is 3.99. The SMILES string of the molecule is CCNC(Cc1cnn(C)c1)c1ccoc1Cl. The molecule has 0 aliphatic carbocycles. The molecule has 0 spiro atoms. The van der Waals surface area contributed by atoms with Gasteiger partial charge < -0.3 is 9.73 Å². The van der Waals surface area contributed by atoms with E-state index in [0.717, 1.165) is 18.5 Å². The maximum absolute atomic E-state index is 6.01. The standard InChI is InChI=1S/C12H16ClN3O/c1-3-14-11(10-4-5-17-12(10)13)6-9-7-15-16(2)8-9/h4-5,7-8,11,14H,3,6H2,1-2H3. The van der Waals surface area contributed by atoms with Crippen molar-refractivity contribution in [1.29, 1.82) is 0 Å². The van der Waals surface area contributed by atoms with E-state index in [1.807, 2.05) is 25.5 Å². The summed E-state index contributed by atoms with van der Waals surface area (Å²) in [5.74, 6) is 0. The zero-order valence-corrected chi connectivity index (χ0v) is 10.7. The van der Waals surface area contributed by atoms with Crippen LogP contribution in [0.25, 0.3) is 0 Å². The lowest BCUT2D eigenvalue weighted by Gasteiger charge is -2.15. The zero-order valence-electron chi connectivity index (χ0n) is 9.98. The molecule has 92 valence electrons. The summed E-state index contributed by atoms with van der Waals surface area (Å²) in [4.78, 5) is 0. The molecule has 2 aromatic heterocycles. The average molecular weight is 254 g/mol. The van der Waals surface area contributed by atoms with E-state index in [9.17, 15) is 0 Å². The highest BCUT2D eigenvalue weighted by Gasteiger charge is 2.17. The predicted molar refractivity (Wildman–Crippen MR) is 67.0 cm³/mol. The summed E-state index contributed by atoms with van der Waals surface area (Å²) < 4.78 is 6.94. The molecule has 17 heavy (non-hydrogen) atoms. The van der Waals surface area contributed by atoms with Crippen molar-refractivity contribution in [3.8, 4) is 0 Å². The zero-order chi connectivity index (χ0) is 12.3.